The maximum Gasteiger partial charge on any atom is 0.236 e. The molecule has 4 N–H and O–H groups in total. The van der Waals surface area contributed by atoms with E-state index in [1.807, 2.05) is 4.90 Å². The predicted octanol–water partition coefficient (Wildman–Crippen LogP) is 1.30. The quantitative estimate of drug-likeness (QED) is 0.239. The molecule has 0 aromatic carbocycles. The van der Waals surface area contributed by atoms with E-state index in [0.29, 0.717) is 31.8 Å². The fourth-order valence-corrected chi connectivity index (χ4v) is 3.75. The van der Waals surface area contributed by atoms with Crippen molar-refractivity contribution in [2.45, 2.75) is 51.4 Å². The standard InChI is InChI=1S/C15H27N3O3/c16-13(17-21)15(7-3-1-2-4-8-15)14(20)18-9-5-12(11-18)6-10-19/h12,19,21H,1-11H2,(H2,16,17). The van der Waals surface area contributed by atoms with Crippen LogP contribution in [0.3, 0.4) is 0 Å². The largest absolute Gasteiger partial charge is 0.409 e. The Morgan fingerprint density at radius 1 is 1.29 bits per heavy atom. The number of aliphatic hydroxyl groups excluding tert-OH is 1. The second kappa shape index (κ2) is 7.11. The highest BCUT2D eigenvalue weighted by molar-refractivity contribution is 6.06. The Bertz CT molecular complexity index is 390. The zero-order valence-electron chi connectivity index (χ0n) is 12.6. The Kier molecular flexibility index (Phi) is 5.45. The van der Waals surface area contributed by atoms with E-state index < -0.39 is 5.41 Å². The Balaban J connectivity index is 2.15. The maximum absolute atomic E-state index is 13.0. The van der Waals surface area contributed by atoms with Crippen LogP contribution >= 0.6 is 0 Å². The number of nitrogens with zero attached hydrogens (tertiary/aromatic N) is 2. The van der Waals surface area contributed by atoms with Crippen molar-refractivity contribution in [2.24, 2.45) is 22.2 Å². The molecule has 2 rings (SSSR count). The monoisotopic (exact) mass is 297 g/mol. The van der Waals surface area contributed by atoms with Crippen LogP contribution in [0, 0.1) is 11.3 Å². The first kappa shape index (κ1) is 16.1. The number of nitrogens with two attached hydrogens (primary N) is 1. The molecule has 21 heavy (non-hydrogen) atoms. The average Bonchev–Trinajstić information content (AvgIpc) is 2.82. The Hall–Kier alpha value is -1.30. The van der Waals surface area contributed by atoms with Gasteiger partial charge in [-0.1, -0.05) is 30.8 Å². The van der Waals surface area contributed by atoms with Gasteiger partial charge in [-0.25, -0.2) is 0 Å². The molecule has 1 atom stereocenters. The van der Waals surface area contributed by atoms with E-state index in [-0.39, 0.29) is 18.3 Å². The van der Waals surface area contributed by atoms with E-state index in [9.17, 15) is 4.79 Å². The van der Waals surface area contributed by atoms with Crippen LogP contribution in [0.5, 0.6) is 0 Å². The maximum atomic E-state index is 13.0. The molecule has 1 aliphatic carbocycles. The van der Waals surface area contributed by atoms with Crippen molar-refractivity contribution in [3.05, 3.63) is 0 Å². The number of aliphatic hydroxyl groups is 1. The molecular weight excluding hydrogens is 270 g/mol. The molecule has 1 saturated carbocycles. The molecule has 0 bridgehead atoms. The molecule has 0 aromatic heterocycles. The molecule has 6 heteroatoms. The number of hydrogen-bond donors (Lipinski definition) is 3. The van der Waals surface area contributed by atoms with E-state index in [1.54, 1.807) is 0 Å². The summed E-state index contributed by atoms with van der Waals surface area (Å²) in [7, 11) is 0. The van der Waals surface area contributed by atoms with Gasteiger partial charge >= 0.3 is 0 Å². The molecule has 0 radical (unpaired) electrons. The summed E-state index contributed by atoms with van der Waals surface area (Å²) in [6.45, 7) is 1.56. The van der Waals surface area contributed by atoms with Crippen LogP contribution in [-0.4, -0.2) is 46.7 Å². The summed E-state index contributed by atoms with van der Waals surface area (Å²) >= 11 is 0. The zero-order valence-corrected chi connectivity index (χ0v) is 12.6. The highest BCUT2D eigenvalue weighted by Crippen LogP contribution is 2.38. The number of likely N-dealkylation sites (tertiary alicyclic amines) is 1. The van der Waals surface area contributed by atoms with Crippen LogP contribution in [-0.2, 0) is 4.79 Å². The summed E-state index contributed by atoms with van der Waals surface area (Å²) < 4.78 is 0. The molecular formula is C15H27N3O3. The third-order valence-electron chi connectivity index (χ3n) is 5.07. The van der Waals surface area contributed by atoms with Crippen molar-refractivity contribution in [1.82, 2.24) is 4.90 Å². The van der Waals surface area contributed by atoms with Crippen molar-refractivity contribution in [3.8, 4) is 0 Å². The number of rotatable bonds is 4. The molecule has 1 saturated heterocycles. The minimum absolute atomic E-state index is 0.0140. The fourth-order valence-electron chi connectivity index (χ4n) is 3.75. The van der Waals surface area contributed by atoms with Gasteiger partial charge in [0.2, 0.25) is 5.91 Å². The number of amides is 1. The Morgan fingerprint density at radius 3 is 2.52 bits per heavy atom. The summed E-state index contributed by atoms with van der Waals surface area (Å²) in [5, 5.41) is 21.4. The normalized spacial score (nSPS) is 26.6. The van der Waals surface area contributed by atoms with Crippen molar-refractivity contribution < 1.29 is 15.1 Å². The molecule has 6 nitrogen and oxygen atoms in total. The minimum atomic E-state index is -0.820. The third kappa shape index (κ3) is 3.31. The summed E-state index contributed by atoms with van der Waals surface area (Å²) in [6.07, 6.45) is 7.08. The van der Waals surface area contributed by atoms with Gasteiger partial charge in [-0.15, -0.1) is 0 Å². The van der Waals surface area contributed by atoms with Crippen molar-refractivity contribution >= 4 is 11.7 Å². The highest BCUT2D eigenvalue weighted by Gasteiger charge is 2.46. The van der Waals surface area contributed by atoms with E-state index in [2.05, 4.69) is 5.16 Å². The van der Waals surface area contributed by atoms with Gasteiger partial charge < -0.3 is 20.9 Å². The molecule has 1 amide bonds. The molecule has 2 fully saturated rings. The van der Waals surface area contributed by atoms with E-state index >= 15 is 0 Å². The van der Waals surface area contributed by atoms with Crippen molar-refractivity contribution in [1.29, 1.82) is 0 Å². The summed E-state index contributed by atoms with van der Waals surface area (Å²) in [5.41, 5.74) is 5.11. The summed E-state index contributed by atoms with van der Waals surface area (Å²) in [4.78, 5) is 14.9. The number of oxime groups is 1. The molecule has 1 aliphatic heterocycles. The lowest BCUT2D eigenvalue weighted by Gasteiger charge is -2.34. The molecule has 0 aromatic rings. The van der Waals surface area contributed by atoms with Gasteiger partial charge in [0, 0.05) is 19.7 Å². The van der Waals surface area contributed by atoms with Crippen LogP contribution in [0.25, 0.3) is 0 Å². The van der Waals surface area contributed by atoms with Gasteiger partial charge in [0.25, 0.3) is 0 Å². The molecule has 1 heterocycles. The van der Waals surface area contributed by atoms with Gasteiger partial charge in [-0.2, -0.15) is 0 Å². The third-order valence-corrected chi connectivity index (χ3v) is 5.07. The van der Waals surface area contributed by atoms with E-state index in [4.69, 9.17) is 16.0 Å². The lowest BCUT2D eigenvalue weighted by atomic mass is 9.77. The molecule has 2 aliphatic rings. The van der Waals surface area contributed by atoms with Gasteiger partial charge in [-0.05, 0) is 31.6 Å². The fraction of sp³-hybridized carbons (Fsp3) is 0.867. The predicted molar refractivity (Wildman–Crippen MR) is 79.9 cm³/mol. The van der Waals surface area contributed by atoms with Crippen LogP contribution in [0.15, 0.2) is 5.16 Å². The Labute approximate surface area is 126 Å². The molecule has 1 unspecified atom stereocenters. The van der Waals surface area contributed by atoms with Crippen LogP contribution in [0.4, 0.5) is 0 Å². The van der Waals surface area contributed by atoms with Crippen LogP contribution in [0.1, 0.15) is 51.4 Å². The van der Waals surface area contributed by atoms with E-state index in [0.717, 1.165) is 38.5 Å². The summed E-state index contributed by atoms with van der Waals surface area (Å²) in [5.74, 6) is 0.453. The lowest BCUT2D eigenvalue weighted by Crippen LogP contribution is -2.50. The number of amidine groups is 1. The van der Waals surface area contributed by atoms with Crippen molar-refractivity contribution in [3.63, 3.8) is 0 Å². The number of carbonyl (C=O) groups excluding carboxylic acids is 1. The first-order chi connectivity index (χ1) is 10.1. The van der Waals surface area contributed by atoms with Gasteiger partial charge in [0.15, 0.2) is 5.84 Å². The highest BCUT2D eigenvalue weighted by atomic mass is 16.4. The minimum Gasteiger partial charge on any atom is -0.409 e. The second-order valence-corrected chi connectivity index (χ2v) is 6.40. The number of carbonyl (C=O) groups is 1. The topological polar surface area (TPSA) is 99.2 Å². The lowest BCUT2D eigenvalue weighted by molar-refractivity contribution is -0.138. The summed E-state index contributed by atoms with van der Waals surface area (Å²) in [6, 6.07) is 0. The Morgan fingerprint density at radius 2 is 1.95 bits per heavy atom. The van der Waals surface area contributed by atoms with Crippen molar-refractivity contribution in [2.75, 3.05) is 19.7 Å². The number of hydrogen-bond acceptors (Lipinski definition) is 4. The van der Waals surface area contributed by atoms with Gasteiger partial charge in [0.05, 0.1) is 0 Å². The van der Waals surface area contributed by atoms with E-state index in [1.165, 1.54) is 0 Å². The average molecular weight is 297 g/mol. The first-order valence-electron chi connectivity index (χ1n) is 8.02. The van der Waals surface area contributed by atoms with Crippen LogP contribution < -0.4 is 5.73 Å². The molecule has 0 spiro atoms. The smallest absolute Gasteiger partial charge is 0.236 e. The zero-order chi connectivity index (χ0) is 15.3. The first-order valence-corrected chi connectivity index (χ1v) is 8.02. The SMILES string of the molecule is NC(=NO)C1(C(=O)N2CCC(CCO)C2)CCCCCC1. The van der Waals surface area contributed by atoms with Crippen LogP contribution in [0.2, 0.25) is 0 Å². The second-order valence-electron chi connectivity index (χ2n) is 6.40. The molecule has 120 valence electrons. The van der Waals surface area contributed by atoms with Gasteiger partial charge in [-0.3, -0.25) is 4.79 Å². The van der Waals surface area contributed by atoms with Gasteiger partial charge in [0.1, 0.15) is 5.41 Å².